The van der Waals surface area contributed by atoms with Gasteiger partial charge in [0.1, 0.15) is 0 Å². The van der Waals surface area contributed by atoms with Crippen molar-refractivity contribution in [1.29, 1.82) is 0 Å². The fourth-order valence-corrected chi connectivity index (χ4v) is 3.08. The number of carbonyl (C=O) groups is 1. The smallest absolute Gasteiger partial charge is 0.331 e. The Kier molecular flexibility index (Phi) is 4.71. The summed E-state index contributed by atoms with van der Waals surface area (Å²) in [5, 5.41) is 16.7. The van der Waals surface area contributed by atoms with Gasteiger partial charge in [0.2, 0.25) is 0 Å². The molecule has 1 heterocycles. The molecular formula is C19H19N3O4. The van der Waals surface area contributed by atoms with E-state index in [-0.39, 0.29) is 10.6 Å². The zero-order chi connectivity index (χ0) is 18.8. The molecule has 0 radical (unpaired) electrons. The Morgan fingerprint density at radius 1 is 1.15 bits per heavy atom. The van der Waals surface area contributed by atoms with Crippen molar-refractivity contribution in [2.24, 2.45) is 5.16 Å². The van der Waals surface area contributed by atoms with E-state index in [0.29, 0.717) is 5.71 Å². The molecule has 26 heavy (non-hydrogen) atoms. The van der Waals surface area contributed by atoms with E-state index < -0.39 is 5.97 Å². The highest BCUT2D eigenvalue weighted by Crippen LogP contribution is 2.32. The molecule has 0 aliphatic rings. The number of rotatable bonds is 5. The Morgan fingerprint density at radius 3 is 2.42 bits per heavy atom. The molecule has 0 N–H and O–H groups in total. The van der Waals surface area contributed by atoms with Gasteiger partial charge in [-0.2, -0.15) is 0 Å². The summed E-state index contributed by atoms with van der Waals surface area (Å²) in [6, 6.07) is 10.7. The summed E-state index contributed by atoms with van der Waals surface area (Å²) in [5.74, 6) is -0.486. The highest BCUT2D eigenvalue weighted by Gasteiger charge is 2.15. The first kappa shape index (κ1) is 17.6. The standard InChI is InChI=1S/C19H19N3O4/c1-4-9-21-18-7-5-14(12(2)20-26-13(3)23)10-16(18)17-11-15(22(24)25)6-8-19(17)21/h5-8,10-11H,4,9H2,1-3H3. The molecule has 0 amide bonds. The van der Waals surface area contributed by atoms with Crippen LogP contribution in [0.3, 0.4) is 0 Å². The van der Waals surface area contributed by atoms with Crippen molar-refractivity contribution in [2.75, 3.05) is 0 Å². The number of non-ortho nitro benzene ring substituents is 1. The van der Waals surface area contributed by atoms with E-state index >= 15 is 0 Å². The molecule has 1 aromatic heterocycles. The fraction of sp³-hybridized carbons (Fsp3) is 0.263. The molecule has 0 bridgehead atoms. The summed E-state index contributed by atoms with van der Waals surface area (Å²) in [6.45, 7) is 5.94. The van der Waals surface area contributed by atoms with Gasteiger partial charge in [-0.15, -0.1) is 0 Å². The van der Waals surface area contributed by atoms with Crippen molar-refractivity contribution >= 4 is 39.2 Å². The monoisotopic (exact) mass is 353 g/mol. The van der Waals surface area contributed by atoms with Gasteiger partial charge in [-0.25, -0.2) is 4.79 Å². The topological polar surface area (TPSA) is 86.7 Å². The number of carbonyl (C=O) groups excluding carboxylic acids is 1. The number of hydrogen-bond acceptors (Lipinski definition) is 5. The Hall–Kier alpha value is -3.22. The van der Waals surface area contributed by atoms with Crippen molar-refractivity contribution < 1.29 is 14.6 Å². The number of fused-ring (bicyclic) bond motifs is 3. The van der Waals surface area contributed by atoms with Crippen molar-refractivity contribution in [3.05, 3.63) is 52.1 Å². The maximum Gasteiger partial charge on any atom is 0.331 e. The zero-order valence-corrected chi connectivity index (χ0v) is 14.9. The van der Waals surface area contributed by atoms with Crippen LogP contribution in [0.25, 0.3) is 21.8 Å². The van der Waals surface area contributed by atoms with Crippen LogP contribution in [0, 0.1) is 10.1 Å². The molecule has 7 heteroatoms. The first-order valence-corrected chi connectivity index (χ1v) is 8.35. The van der Waals surface area contributed by atoms with Crippen LogP contribution in [0.5, 0.6) is 0 Å². The molecule has 0 saturated heterocycles. The molecule has 3 rings (SSSR count). The number of aryl methyl sites for hydroxylation is 1. The van der Waals surface area contributed by atoms with Crippen LogP contribution in [0.15, 0.2) is 41.6 Å². The molecule has 0 atom stereocenters. The van der Waals surface area contributed by atoms with E-state index in [1.54, 1.807) is 19.1 Å². The van der Waals surface area contributed by atoms with Gasteiger partial charge in [0.15, 0.2) is 0 Å². The predicted octanol–water partition coefficient (Wildman–Crippen LogP) is 4.40. The number of benzene rings is 2. The molecule has 7 nitrogen and oxygen atoms in total. The van der Waals surface area contributed by atoms with Crippen molar-refractivity contribution in [1.82, 2.24) is 4.57 Å². The number of nitro benzene ring substituents is 1. The lowest BCUT2D eigenvalue weighted by atomic mass is 10.1. The molecule has 0 aliphatic heterocycles. The Bertz CT molecular complexity index is 1050. The maximum atomic E-state index is 11.2. The first-order chi connectivity index (χ1) is 12.4. The van der Waals surface area contributed by atoms with Crippen LogP contribution in [0.4, 0.5) is 5.69 Å². The SMILES string of the molecule is CCCn1c2ccc(C(C)=NOC(C)=O)cc2c2cc([N+](=O)[O-])ccc21. The van der Waals surface area contributed by atoms with Crippen LogP contribution in [-0.2, 0) is 16.2 Å². The van der Waals surface area contributed by atoms with E-state index in [2.05, 4.69) is 16.6 Å². The summed E-state index contributed by atoms with van der Waals surface area (Å²) in [5.41, 5.74) is 3.37. The fourth-order valence-electron chi connectivity index (χ4n) is 3.08. The van der Waals surface area contributed by atoms with E-state index in [9.17, 15) is 14.9 Å². The van der Waals surface area contributed by atoms with Gasteiger partial charge in [0.25, 0.3) is 5.69 Å². The second-order valence-corrected chi connectivity index (χ2v) is 6.10. The number of hydrogen-bond donors (Lipinski definition) is 0. The normalized spacial score (nSPS) is 11.9. The highest BCUT2D eigenvalue weighted by molar-refractivity contribution is 6.12. The van der Waals surface area contributed by atoms with E-state index in [1.807, 2.05) is 18.2 Å². The minimum absolute atomic E-state index is 0.0590. The second-order valence-electron chi connectivity index (χ2n) is 6.10. The molecule has 0 unspecified atom stereocenters. The molecular weight excluding hydrogens is 334 g/mol. The van der Waals surface area contributed by atoms with Gasteiger partial charge in [0.05, 0.1) is 10.6 Å². The van der Waals surface area contributed by atoms with Crippen molar-refractivity contribution in [3.8, 4) is 0 Å². The van der Waals surface area contributed by atoms with Gasteiger partial charge >= 0.3 is 5.97 Å². The van der Waals surface area contributed by atoms with Crippen molar-refractivity contribution in [2.45, 2.75) is 33.7 Å². The molecule has 0 fully saturated rings. The Balaban J connectivity index is 2.25. The molecule has 0 aliphatic carbocycles. The average molecular weight is 353 g/mol. The third kappa shape index (κ3) is 3.15. The minimum Gasteiger partial charge on any atom is -0.340 e. The quantitative estimate of drug-likeness (QED) is 0.294. The summed E-state index contributed by atoms with van der Waals surface area (Å²) in [4.78, 5) is 26.4. The largest absolute Gasteiger partial charge is 0.340 e. The van der Waals surface area contributed by atoms with Crippen molar-refractivity contribution in [3.63, 3.8) is 0 Å². The Labute approximate surface area is 150 Å². The second kappa shape index (κ2) is 6.95. The van der Waals surface area contributed by atoms with Crippen LogP contribution < -0.4 is 0 Å². The minimum atomic E-state index is -0.486. The van der Waals surface area contributed by atoms with Gasteiger partial charge in [-0.3, -0.25) is 10.1 Å². The van der Waals surface area contributed by atoms with E-state index in [4.69, 9.17) is 4.84 Å². The van der Waals surface area contributed by atoms with Gasteiger partial charge in [-0.05, 0) is 37.1 Å². The summed E-state index contributed by atoms with van der Waals surface area (Å²) >= 11 is 0. The predicted molar refractivity (Wildman–Crippen MR) is 100 cm³/mol. The van der Waals surface area contributed by atoms with Gasteiger partial charge in [0, 0.05) is 47.4 Å². The maximum absolute atomic E-state index is 11.2. The lowest BCUT2D eigenvalue weighted by molar-refractivity contribution is -0.384. The first-order valence-electron chi connectivity index (χ1n) is 8.35. The van der Waals surface area contributed by atoms with E-state index in [0.717, 1.165) is 40.3 Å². The van der Waals surface area contributed by atoms with Crippen LogP contribution in [-0.4, -0.2) is 21.2 Å². The summed E-state index contributed by atoms with van der Waals surface area (Å²) < 4.78 is 2.16. The number of nitrogens with zero attached hydrogens (tertiary/aromatic N) is 3. The number of nitro groups is 1. The zero-order valence-electron chi connectivity index (χ0n) is 14.9. The number of oxime groups is 1. The molecule has 134 valence electrons. The molecule has 3 aromatic rings. The molecule has 0 saturated carbocycles. The third-order valence-electron chi connectivity index (χ3n) is 4.24. The third-order valence-corrected chi connectivity index (χ3v) is 4.24. The lowest BCUT2D eigenvalue weighted by Crippen LogP contribution is -2.00. The van der Waals surface area contributed by atoms with Gasteiger partial charge < -0.3 is 9.40 Å². The average Bonchev–Trinajstić information content (AvgIpc) is 2.92. The van der Waals surface area contributed by atoms with Crippen LogP contribution in [0.2, 0.25) is 0 Å². The number of aromatic nitrogens is 1. The van der Waals surface area contributed by atoms with E-state index in [1.165, 1.54) is 13.0 Å². The van der Waals surface area contributed by atoms with Crippen LogP contribution >= 0.6 is 0 Å². The van der Waals surface area contributed by atoms with Gasteiger partial charge in [-0.1, -0.05) is 18.1 Å². The Morgan fingerprint density at radius 2 is 1.81 bits per heavy atom. The lowest BCUT2D eigenvalue weighted by Gasteiger charge is -2.06. The molecule has 0 spiro atoms. The van der Waals surface area contributed by atoms with Crippen LogP contribution in [0.1, 0.15) is 32.8 Å². The highest BCUT2D eigenvalue weighted by atomic mass is 16.7. The summed E-state index contributed by atoms with van der Waals surface area (Å²) in [7, 11) is 0. The summed E-state index contributed by atoms with van der Waals surface area (Å²) in [6.07, 6.45) is 0.949. The molecule has 2 aromatic carbocycles.